The van der Waals surface area contributed by atoms with E-state index >= 15 is 0 Å². The molecule has 0 atom stereocenters. The first-order valence-electron chi connectivity index (χ1n) is 12.2. The van der Waals surface area contributed by atoms with Crippen molar-refractivity contribution in [1.82, 2.24) is 25.1 Å². The number of H-pyrrole nitrogens is 1. The van der Waals surface area contributed by atoms with Crippen LogP contribution in [0.1, 0.15) is 56.7 Å². The lowest BCUT2D eigenvalue weighted by Gasteiger charge is -2.33. The molecule has 0 spiro atoms. The molecule has 0 unspecified atom stereocenters. The second kappa shape index (κ2) is 9.17. The molecular weight excluding hydrogens is 416 g/mol. The molecule has 3 heterocycles. The summed E-state index contributed by atoms with van der Waals surface area (Å²) in [5, 5.41) is 8.11. The Morgan fingerprint density at radius 1 is 1.12 bits per heavy atom. The van der Waals surface area contributed by atoms with Crippen LogP contribution in [0.5, 0.6) is 5.75 Å². The molecule has 1 aliphatic carbocycles. The highest BCUT2D eigenvalue weighted by atomic mass is 16.5. The van der Waals surface area contributed by atoms with Crippen LogP contribution in [-0.2, 0) is 0 Å². The molecule has 0 amide bonds. The summed E-state index contributed by atoms with van der Waals surface area (Å²) in [5.74, 6) is 1.24. The van der Waals surface area contributed by atoms with E-state index in [1.54, 1.807) is 7.11 Å². The summed E-state index contributed by atoms with van der Waals surface area (Å²) in [7, 11) is 3.70. The van der Waals surface area contributed by atoms with Gasteiger partial charge in [0, 0.05) is 30.9 Å². The molecule has 8 heteroatoms. The molecule has 33 heavy (non-hydrogen) atoms. The Bertz CT molecular complexity index is 1190. The first-order chi connectivity index (χ1) is 16.1. The molecule has 3 aromatic rings. The molecule has 2 fully saturated rings. The Hall–Kier alpha value is -2.87. The molecule has 1 saturated heterocycles. The van der Waals surface area contributed by atoms with Gasteiger partial charge in [-0.2, -0.15) is 5.10 Å². The summed E-state index contributed by atoms with van der Waals surface area (Å²) >= 11 is 0. The number of hydrogen-bond acceptors (Lipinski definition) is 6. The molecule has 2 aliphatic rings. The van der Waals surface area contributed by atoms with E-state index in [1.165, 1.54) is 19.3 Å². The number of aromatic amines is 1. The number of anilines is 1. The van der Waals surface area contributed by atoms with Crippen LogP contribution in [0.25, 0.3) is 22.4 Å². The number of methoxy groups -OCH3 is 1. The molecule has 2 N–H and O–H groups in total. The van der Waals surface area contributed by atoms with Gasteiger partial charge < -0.3 is 19.9 Å². The lowest BCUT2D eigenvalue weighted by atomic mass is 9.95. The summed E-state index contributed by atoms with van der Waals surface area (Å²) in [5.41, 5.74) is 3.85. The van der Waals surface area contributed by atoms with Gasteiger partial charge >= 0.3 is 0 Å². The molecule has 5 rings (SSSR count). The van der Waals surface area contributed by atoms with Crippen molar-refractivity contribution in [2.45, 2.75) is 64.0 Å². The number of nitrogens with one attached hydrogen (secondary N) is 2. The number of piperidine rings is 1. The van der Waals surface area contributed by atoms with Crippen molar-refractivity contribution >= 4 is 16.7 Å². The largest absolute Gasteiger partial charge is 0.496 e. The minimum absolute atomic E-state index is 0.138. The third-order valence-electron chi connectivity index (χ3n) is 7.35. The minimum atomic E-state index is -0.138. The van der Waals surface area contributed by atoms with Crippen LogP contribution in [0.4, 0.5) is 5.69 Å². The van der Waals surface area contributed by atoms with Crippen molar-refractivity contribution in [3.05, 3.63) is 34.2 Å². The van der Waals surface area contributed by atoms with Crippen LogP contribution in [0, 0.1) is 6.92 Å². The Morgan fingerprint density at radius 2 is 1.88 bits per heavy atom. The maximum absolute atomic E-state index is 13.2. The van der Waals surface area contributed by atoms with Crippen LogP contribution >= 0.6 is 0 Å². The summed E-state index contributed by atoms with van der Waals surface area (Å²) in [6.45, 7) is 3.95. The van der Waals surface area contributed by atoms with Gasteiger partial charge in [-0.3, -0.25) is 9.48 Å². The normalized spacial score (nSPS) is 18.2. The average molecular weight is 451 g/mol. The van der Waals surface area contributed by atoms with Gasteiger partial charge in [0.25, 0.3) is 5.56 Å². The van der Waals surface area contributed by atoms with Crippen LogP contribution in [0.2, 0.25) is 0 Å². The van der Waals surface area contributed by atoms with Crippen molar-refractivity contribution in [2.24, 2.45) is 0 Å². The number of hydrogen-bond donors (Lipinski definition) is 2. The third-order valence-corrected chi connectivity index (χ3v) is 7.35. The SMILES string of the molecule is CNC1CCN(c2ccc(-c3nc4c(C)nn(C5CCCCC5)c4c(=O)[nH]3)c(OC)c2)CC1. The summed E-state index contributed by atoms with van der Waals surface area (Å²) in [6, 6.07) is 7.02. The molecule has 1 saturated carbocycles. The second-order valence-electron chi connectivity index (χ2n) is 9.37. The molecule has 1 aromatic carbocycles. The minimum Gasteiger partial charge on any atom is -0.496 e. The first-order valence-corrected chi connectivity index (χ1v) is 12.2. The zero-order valence-electron chi connectivity index (χ0n) is 19.9. The van der Waals surface area contributed by atoms with E-state index in [2.05, 4.69) is 27.3 Å². The molecule has 1 aliphatic heterocycles. The highest BCUT2D eigenvalue weighted by Crippen LogP contribution is 2.34. The van der Waals surface area contributed by atoms with Gasteiger partial charge in [0.2, 0.25) is 0 Å². The third kappa shape index (κ3) is 4.12. The maximum atomic E-state index is 13.2. The van der Waals surface area contributed by atoms with Gasteiger partial charge in [-0.05, 0) is 51.8 Å². The predicted molar refractivity (Wildman–Crippen MR) is 131 cm³/mol. The molecule has 176 valence electrons. The molecule has 0 bridgehead atoms. The van der Waals surface area contributed by atoms with E-state index in [1.807, 2.05) is 24.7 Å². The van der Waals surface area contributed by atoms with Crippen LogP contribution < -0.4 is 20.5 Å². The fraction of sp³-hybridized carbons (Fsp3) is 0.560. The predicted octanol–water partition coefficient (Wildman–Crippen LogP) is 3.80. The molecule has 8 nitrogen and oxygen atoms in total. The first kappa shape index (κ1) is 21.9. The number of ether oxygens (including phenoxy) is 1. The highest BCUT2D eigenvalue weighted by molar-refractivity contribution is 5.80. The van der Waals surface area contributed by atoms with Gasteiger partial charge in [0.15, 0.2) is 5.52 Å². The van der Waals surface area contributed by atoms with Gasteiger partial charge in [0.05, 0.1) is 24.4 Å². The lowest BCUT2D eigenvalue weighted by molar-refractivity contribution is 0.336. The van der Waals surface area contributed by atoms with E-state index < -0.39 is 0 Å². The number of benzene rings is 1. The molecule has 0 radical (unpaired) electrons. The zero-order chi connectivity index (χ0) is 22.9. The maximum Gasteiger partial charge on any atom is 0.277 e. The number of aromatic nitrogens is 4. The molecule has 2 aromatic heterocycles. The number of rotatable bonds is 5. The van der Waals surface area contributed by atoms with Crippen LogP contribution in [-0.4, -0.2) is 53.0 Å². The summed E-state index contributed by atoms with van der Waals surface area (Å²) < 4.78 is 7.66. The van der Waals surface area contributed by atoms with Gasteiger partial charge in [0.1, 0.15) is 17.1 Å². The second-order valence-corrected chi connectivity index (χ2v) is 9.37. The van der Waals surface area contributed by atoms with Crippen molar-refractivity contribution in [3.63, 3.8) is 0 Å². The number of fused-ring (bicyclic) bond motifs is 1. The summed E-state index contributed by atoms with van der Waals surface area (Å²) in [6.07, 6.45) is 8.01. The van der Waals surface area contributed by atoms with E-state index in [4.69, 9.17) is 14.8 Å². The van der Waals surface area contributed by atoms with Gasteiger partial charge in [-0.25, -0.2) is 4.98 Å². The Kier molecular flexibility index (Phi) is 6.10. The average Bonchev–Trinajstić information content (AvgIpc) is 3.21. The smallest absolute Gasteiger partial charge is 0.277 e. The van der Waals surface area contributed by atoms with Crippen molar-refractivity contribution in [1.29, 1.82) is 0 Å². The van der Waals surface area contributed by atoms with Crippen molar-refractivity contribution in [3.8, 4) is 17.1 Å². The van der Waals surface area contributed by atoms with E-state index in [0.717, 1.165) is 55.7 Å². The monoisotopic (exact) mass is 450 g/mol. The zero-order valence-corrected chi connectivity index (χ0v) is 19.9. The lowest BCUT2D eigenvalue weighted by Crippen LogP contribution is -2.41. The number of aryl methyl sites for hydroxylation is 1. The van der Waals surface area contributed by atoms with E-state index in [0.29, 0.717) is 28.6 Å². The molecular formula is C25H34N6O2. The van der Waals surface area contributed by atoms with Gasteiger partial charge in [-0.15, -0.1) is 0 Å². The Balaban J connectivity index is 1.50. The van der Waals surface area contributed by atoms with Crippen molar-refractivity contribution in [2.75, 3.05) is 32.1 Å². The van der Waals surface area contributed by atoms with Crippen LogP contribution in [0.3, 0.4) is 0 Å². The van der Waals surface area contributed by atoms with Crippen LogP contribution in [0.15, 0.2) is 23.0 Å². The Labute approximate surface area is 194 Å². The fourth-order valence-electron chi connectivity index (χ4n) is 5.41. The number of nitrogens with zero attached hydrogens (tertiary/aromatic N) is 4. The topological polar surface area (TPSA) is 88.1 Å². The Morgan fingerprint density at radius 3 is 2.58 bits per heavy atom. The summed E-state index contributed by atoms with van der Waals surface area (Å²) in [4.78, 5) is 23.5. The van der Waals surface area contributed by atoms with Gasteiger partial charge in [-0.1, -0.05) is 19.3 Å². The van der Waals surface area contributed by atoms with E-state index in [9.17, 15) is 4.79 Å². The van der Waals surface area contributed by atoms with Crippen molar-refractivity contribution < 1.29 is 4.74 Å². The highest BCUT2D eigenvalue weighted by Gasteiger charge is 2.24. The van der Waals surface area contributed by atoms with E-state index in [-0.39, 0.29) is 11.6 Å². The standard InChI is InChI=1S/C25H34N6O2/c1-16-22-23(31(29-16)18-7-5-4-6-8-18)25(32)28-24(27-22)20-10-9-19(15-21(20)33-3)30-13-11-17(26-2)12-14-30/h9-10,15,17-18,26H,4-8,11-14H2,1-3H3,(H,27,28,32). The fourth-order valence-corrected chi connectivity index (χ4v) is 5.41. The quantitative estimate of drug-likeness (QED) is 0.615.